The van der Waals surface area contributed by atoms with Gasteiger partial charge in [0.1, 0.15) is 5.75 Å². The molecule has 2 heterocycles. The van der Waals surface area contributed by atoms with Crippen molar-refractivity contribution in [2.45, 2.75) is 12.8 Å². The molecule has 0 saturated heterocycles. The first-order chi connectivity index (χ1) is 13.2. The quantitative estimate of drug-likeness (QED) is 0.548. The summed E-state index contributed by atoms with van der Waals surface area (Å²) < 4.78 is 7.40. The van der Waals surface area contributed by atoms with Crippen LogP contribution in [0.2, 0.25) is 0 Å². The third kappa shape index (κ3) is 4.01. The summed E-state index contributed by atoms with van der Waals surface area (Å²) in [5.74, 6) is 0.725. The van der Waals surface area contributed by atoms with Crippen molar-refractivity contribution >= 4 is 27.9 Å². The van der Waals surface area contributed by atoms with Crippen molar-refractivity contribution in [3.8, 4) is 5.75 Å². The topological polar surface area (TPSA) is 55.6 Å². The number of imidazole rings is 1. The number of rotatable bonds is 6. The average molecular weight is 377 g/mol. The number of nitrogens with one attached hydrogen (secondary N) is 1. The Morgan fingerprint density at radius 1 is 1.22 bits per heavy atom. The van der Waals surface area contributed by atoms with Crippen molar-refractivity contribution in [3.63, 3.8) is 0 Å². The van der Waals surface area contributed by atoms with Crippen molar-refractivity contribution in [1.82, 2.24) is 9.38 Å². The molecular weight excluding hydrogens is 358 g/mol. The van der Waals surface area contributed by atoms with Gasteiger partial charge in [0.25, 0.3) is 0 Å². The summed E-state index contributed by atoms with van der Waals surface area (Å²) >= 11 is 1.55. The molecule has 6 heteroatoms. The maximum atomic E-state index is 12.4. The number of carbonyl (C=O) groups is 1. The predicted molar refractivity (Wildman–Crippen MR) is 108 cm³/mol. The monoisotopic (exact) mass is 377 g/mol. The molecule has 2 aromatic heterocycles. The maximum Gasteiger partial charge on any atom is 0.230 e. The zero-order valence-corrected chi connectivity index (χ0v) is 15.7. The molecule has 1 N–H and O–H groups in total. The van der Waals surface area contributed by atoms with E-state index in [1.54, 1.807) is 18.4 Å². The number of hydrogen-bond acceptors (Lipinski definition) is 4. The minimum absolute atomic E-state index is 0.0865. The largest absolute Gasteiger partial charge is 0.496 e. The van der Waals surface area contributed by atoms with Crippen LogP contribution in [0.4, 0.5) is 5.69 Å². The van der Waals surface area contributed by atoms with E-state index in [1.165, 1.54) is 5.56 Å². The molecule has 0 radical (unpaired) electrons. The lowest BCUT2D eigenvalue weighted by Gasteiger charge is -2.12. The number of nitrogens with zero attached hydrogens (tertiary/aromatic N) is 2. The Kier molecular flexibility index (Phi) is 4.89. The SMILES string of the molecule is COc1ccc(NC(=O)Cc2cn3ccsc3n2)cc1Cc1ccccc1. The highest BCUT2D eigenvalue weighted by Crippen LogP contribution is 2.25. The van der Waals surface area contributed by atoms with Gasteiger partial charge >= 0.3 is 0 Å². The van der Waals surface area contributed by atoms with Crippen LogP contribution in [-0.2, 0) is 17.6 Å². The summed E-state index contributed by atoms with van der Waals surface area (Å²) in [6.07, 6.45) is 4.81. The Bertz CT molecular complexity index is 1040. The number of benzene rings is 2. The molecule has 4 aromatic rings. The van der Waals surface area contributed by atoms with E-state index >= 15 is 0 Å². The molecule has 4 rings (SSSR count). The molecule has 0 aliphatic carbocycles. The molecule has 0 unspecified atom stereocenters. The lowest BCUT2D eigenvalue weighted by Crippen LogP contribution is -2.14. The van der Waals surface area contributed by atoms with Gasteiger partial charge in [0.15, 0.2) is 4.96 Å². The Morgan fingerprint density at radius 3 is 2.85 bits per heavy atom. The van der Waals surface area contributed by atoms with Gasteiger partial charge in [-0.1, -0.05) is 30.3 Å². The summed E-state index contributed by atoms with van der Waals surface area (Å²) in [5.41, 5.74) is 3.74. The molecule has 0 atom stereocenters. The van der Waals surface area contributed by atoms with Gasteiger partial charge in [-0.05, 0) is 23.8 Å². The van der Waals surface area contributed by atoms with Gasteiger partial charge in [0.2, 0.25) is 5.91 Å². The first-order valence-electron chi connectivity index (χ1n) is 8.63. The molecule has 5 nitrogen and oxygen atoms in total. The highest BCUT2D eigenvalue weighted by atomic mass is 32.1. The van der Waals surface area contributed by atoms with Crippen molar-refractivity contribution in [3.05, 3.63) is 83.1 Å². The van der Waals surface area contributed by atoms with Crippen molar-refractivity contribution in [2.24, 2.45) is 0 Å². The molecule has 0 fully saturated rings. The van der Waals surface area contributed by atoms with Crippen LogP contribution in [-0.4, -0.2) is 22.4 Å². The molecule has 1 amide bonds. The van der Waals surface area contributed by atoms with Crippen LogP contribution in [0.25, 0.3) is 4.96 Å². The number of aromatic nitrogens is 2. The molecule has 2 aromatic carbocycles. The van der Waals surface area contributed by atoms with Gasteiger partial charge in [-0.15, -0.1) is 11.3 Å². The van der Waals surface area contributed by atoms with Gasteiger partial charge in [-0.25, -0.2) is 4.98 Å². The standard InChI is InChI=1S/C21H19N3O2S/c1-26-19-8-7-17(12-16(19)11-15-5-3-2-4-6-15)22-20(25)13-18-14-24-9-10-27-21(24)23-18/h2-10,12,14H,11,13H2,1H3,(H,22,25). The third-order valence-electron chi connectivity index (χ3n) is 4.29. The normalized spacial score (nSPS) is 10.9. The zero-order valence-electron chi connectivity index (χ0n) is 14.9. The number of hydrogen-bond donors (Lipinski definition) is 1. The summed E-state index contributed by atoms with van der Waals surface area (Å²) in [7, 11) is 1.66. The van der Waals surface area contributed by atoms with E-state index in [-0.39, 0.29) is 12.3 Å². The Hall–Kier alpha value is -3.12. The van der Waals surface area contributed by atoms with Gasteiger partial charge in [0.05, 0.1) is 19.2 Å². The first kappa shape index (κ1) is 17.3. The van der Waals surface area contributed by atoms with Crippen LogP contribution in [0.5, 0.6) is 5.75 Å². The first-order valence-corrected chi connectivity index (χ1v) is 9.51. The summed E-state index contributed by atoms with van der Waals surface area (Å²) in [5, 5.41) is 4.93. The summed E-state index contributed by atoms with van der Waals surface area (Å²) in [6.45, 7) is 0. The van der Waals surface area contributed by atoms with Gasteiger partial charge in [0, 0.05) is 35.4 Å². The van der Waals surface area contributed by atoms with E-state index in [2.05, 4.69) is 22.4 Å². The van der Waals surface area contributed by atoms with Gasteiger partial charge in [-0.2, -0.15) is 0 Å². The smallest absolute Gasteiger partial charge is 0.230 e. The van der Waals surface area contributed by atoms with E-state index in [4.69, 9.17) is 4.74 Å². The fourth-order valence-electron chi connectivity index (χ4n) is 3.04. The van der Waals surface area contributed by atoms with Crippen LogP contribution in [0, 0.1) is 0 Å². The highest BCUT2D eigenvalue weighted by molar-refractivity contribution is 7.15. The number of carbonyl (C=O) groups excluding carboxylic acids is 1. The second-order valence-corrected chi connectivity index (χ2v) is 7.11. The second-order valence-electron chi connectivity index (χ2n) is 6.24. The van der Waals surface area contributed by atoms with E-state index in [1.807, 2.05) is 58.6 Å². The fourth-order valence-corrected chi connectivity index (χ4v) is 3.76. The fraction of sp³-hybridized carbons (Fsp3) is 0.143. The number of thiazole rings is 1. The number of fused-ring (bicyclic) bond motifs is 1. The Labute approximate surface area is 161 Å². The van der Waals surface area contributed by atoms with Crippen LogP contribution < -0.4 is 10.1 Å². The number of amides is 1. The summed E-state index contributed by atoms with van der Waals surface area (Å²) in [4.78, 5) is 17.8. The Morgan fingerprint density at radius 2 is 2.07 bits per heavy atom. The molecular formula is C21H19N3O2S. The number of methoxy groups -OCH3 is 1. The third-order valence-corrected chi connectivity index (χ3v) is 5.06. The van der Waals surface area contributed by atoms with Crippen molar-refractivity contribution < 1.29 is 9.53 Å². The van der Waals surface area contributed by atoms with Gasteiger partial charge < -0.3 is 10.1 Å². The van der Waals surface area contributed by atoms with E-state index < -0.39 is 0 Å². The van der Waals surface area contributed by atoms with E-state index in [0.717, 1.165) is 34.1 Å². The number of anilines is 1. The van der Waals surface area contributed by atoms with Crippen LogP contribution in [0.3, 0.4) is 0 Å². The van der Waals surface area contributed by atoms with Crippen molar-refractivity contribution in [1.29, 1.82) is 0 Å². The van der Waals surface area contributed by atoms with E-state index in [0.29, 0.717) is 0 Å². The molecule has 0 aliphatic rings. The minimum Gasteiger partial charge on any atom is -0.496 e. The maximum absolute atomic E-state index is 12.4. The predicted octanol–water partition coefficient (Wildman–Crippen LogP) is 4.18. The average Bonchev–Trinajstić information content (AvgIpc) is 3.24. The lowest BCUT2D eigenvalue weighted by molar-refractivity contribution is -0.115. The van der Waals surface area contributed by atoms with Crippen LogP contribution in [0.15, 0.2) is 66.3 Å². The molecule has 27 heavy (non-hydrogen) atoms. The minimum atomic E-state index is -0.0865. The van der Waals surface area contributed by atoms with E-state index in [9.17, 15) is 4.79 Å². The summed E-state index contributed by atoms with van der Waals surface area (Å²) in [6, 6.07) is 15.9. The lowest BCUT2D eigenvalue weighted by atomic mass is 10.0. The zero-order chi connectivity index (χ0) is 18.6. The van der Waals surface area contributed by atoms with Crippen LogP contribution in [0.1, 0.15) is 16.8 Å². The van der Waals surface area contributed by atoms with Gasteiger partial charge in [-0.3, -0.25) is 9.20 Å². The molecule has 0 spiro atoms. The number of ether oxygens (including phenoxy) is 1. The highest BCUT2D eigenvalue weighted by Gasteiger charge is 2.11. The molecule has 0 saturated carbocycles. The Balaban J connectivity index is 1.48. The second kappa shape index (κ2) is 7.63. The molecule has 0 aliphatic heterocycles. The molecule has 136 valence electrons. The van der Waals surface area contributed by atoms with Crippen LogP contribution >= 0.6 is 11.3 Å². The van der Waals surface area contributed by atoms with Crippen molar-refractivity contribution in [2.75, 3.05) is 12.4 Å². The molecule has 0 bridgehead atoms.